The summed E-state index contributed by atoms with van der Waals surface area (Å²) in [5.41, 5.74) is 0.0237. The van der Waals surface area contributed by atoms with Gasteiger partial charge in [-0.2, -0.15) is 5.26 Å². The van der Waals surface area contributed by atoms with E-state index in [1.54, 1.807) is 0 Å². The highest BCUT2D eigenvalue weighted by Crippen LogP contribution is 2.39. The summed E-state index contributed by atoms with van der Waals surface area (Å²) in [4.78, 5) is 0. The highest BCUT2D eigenvalue weighted by atomic mass is 14.4. The Kier molecular flexibility index (Phi) is 5.15. The first kappa shape index (κ1) is 12.6. The lowest BCUT2D eigenvalue weighted by Crippen LogP contribution is -2.22. The fourth-order valence-electron chi connectivity index (χ4n) is 2.76. The van der Waals surface area contributed by atoms with Gasteiger partial charge in [-0.25, -0.2) is 0 Å². The van der Waals surface area contributed by atoms with E-state index in [4.69, 9.17) is 0 Å². The first-order valence-electron chi connectivity index (χ1n) is 6.64. The molecule has 1 atom stereocenters. The lowest BCUT2D eigenvalue weighted by molar-refractivity contribution is 0.230. The molecular formula is C14H25N. The fourth-order valence-corrected chi connectivity index (χ4v) is 2.76. The molecule has 1 heteroatoms. The van der Waals surface area contributed by atoms with Gasteiger partial charge in [-0.15, -0.1) is 0 Å². The van der Waals surface area contributed by atoms with E-state index in [9.17, 15) is 5.26 Å². The van der Waals surface area contributed by atoms with Crippen LogP contribution in [0.5, 0.6) is 0 Å². The second-order valence-electron chi connectivity index (χ2n) is 5.38. The number of rotatable bonds is 3. The third kappa shape index (κ3) is 3.86. The topological polar surface area (TPSA) is 23.8 Å². The number of hydrogen-bond acceptors (Lipinski definition) is 1. The smallest absolute Gasteiger partial charge is 0.0689 e. The van der Waals surface area contributed by atoms with Crippen molar-refractivity contribution in [1.29, 1.82) is 5.26 Å². The van der Waals surface area contributed by atoms with Crippen molar-refractivity contribution in [3.63, 3.8) is 0 Å². The second-order valence-corrected chi connectivity index (χ2v) is 5.38. The number of nitriles is 1. The Balaban J connectivity index is 2.59. The monoisotopic (exact) mass is 207 g/mol. The molecule has 0 aromatic carbocycles. The molecule has 86 valence electrons. The lowest BCUT2D eigenvalue weighted by atomic mass is 9.72. The normalized spacial score (nSPS) is 23.5. The van der Waals surface area contributed by atoms with E-state index in [1.807, 2.05) is 0 Å². The van der Waals surface area contributed by atoms with Gasteiger partial charge in [-0.1, -0.05) is 52.4 Å². The van der Waals surface area contributed by atoms with Gasteiger partial charge in [0.05, 0.1) is 11.5 Å². The van der Waals surface area contributed by atoms with Crippen LogP contribution in [0, 0.1) is 22.7 Å². The van der Waals surface area contributed by atoms with Crippen molar-refractivity contribution in [3.05, 3.63) is 0 Å². The van der Waals surface area contributed by atoms with Gasteiger partial charge < -0.3 is 0 Å². The quantitative estimate of drug-likeness (QED) is 0.659. The van der Waals surface area contributed by atoms with Gasteiger partial charge in [0.15, 0.2) is 0 Å². The van der Waals surface area contributed by atoms with Crippen molar-refractivity contribution >= 4 is 0 Å². The Morgan fingerprint density at radius 3 is 2.13 bits per heavy atom. The Hall–Kier alpha value is -0.510. The molecule has 1 aliphatic carbocycles. The van der Waals surface area contributed by atoms with Gasteiger partial charge >= 0.3 is 0 Å². The maximum atomic E-state index is 9.45. The molecule has 0 heterocycles. The van der Waals surface area contributed by atoms with Crippen LogP contribution in [0.25, 0.3) is 0 Å². The SMILES string of the molecule is CCC(C)CC1(C#N)CCCCCCC1. The minimum Gasteiger partial charge on any atom is -0.198 e. The van der Waals surface area contributed by atoms with Crippen LogP contribution in [-0.2, 0) is 0 Å². The van der Waals surface area contributed by atoms with E-state index in [-0.39, 0.29) is 5.41 Å². The van der Waals surface area contributed by atoms with Crippen LogP contribution in [0.4, 0.5) is 0 Å². The maximum Gasteiger partial charge on any atom is 0.0689 e. The zero-order valence-corrected chi connectivity index (χ0v) is 10.4. The van der Waals surface area contributed by atoms with Crippen molar-refractivity contribution in [2.75, 3.05) is 0 Å². The minimum atomic E-state index is 0.0237. The second kappa shape index (κ2) is 6.16. The molecule has 1 rings (SSSR count). The van der Waals surface area contributed by atoms with Crippen LogP contribution in [0.2, 0.25) is 0 Å². The molecule has 0 radical (unpaired) electrons. The summed E-state index contributed by atoms with van der Waals surface area (Å²) in [7, 11) is 0. The summed E-state index contributed by atoms with van der Waals surface area (Å²) in [6.45, 7) is 4.52. The molecule has 1 aliphatic rings. The molecule has 0 aromatic heterocycles. The van der Waals surface area contributed by atoms with E-state index in [0.717, 1.165) is 19.3 Å². The standard InChI is InChI=1S/C14H25N/c1-3-13(2)11-14(12-15)9-7-5-4-6-8-10-14/h13H,3-11H2,1-2H3. The number of nitrogens with zero attached hydrogens (tertiary/aromatic N) is 1. The first-order valence-corrected chi connectivity index (χ1v) is 6.64. The highest BCUT2D eigenvalue weighted by molar-refractivity contribution is 4.99. The van der Waals surface area contributed by atoms with Crippen LogP contribution < -0.4 is 0 Å². The van der Waals surface area contributed by atoms with E-state index in [1.165, 1.54) is 38.5 Å². The third-order valence-corrected chi connectivity index (χ3v) is 3.98. The molecule has 1 saturated carbocycles. The molecule has 0 aromatic rings. The fraction of sp³-hybridized carbons (Fsp3) is 0.929. The van der Waals surface area contributed by atoms with Crippen LogP contribution >= 0.6 is 0 Å². The molecule has 0 saturated heterocycles. The maximum absolute atomic E-state index is 9.45. The summed E-state index contributed by atoms with van der Waals surface area (Å²) < 4.78 is 0. The van der Waals surface area contributed by atoms with Gasteiger partial charge in [-0.05, 0) is 25.2 Å². The van der Waals surface area contributed by atoms with Crippen molar-refractivity contribution in [3.8, 4) is 6.07 Å². The van der Waals surface area contributed by atoms with E-state index < -0.39 is 0 Å². The van der Waals surface area contributed by atoms with Crippen molar-refractivity contribution in [1.82, 2.24) is 0 Å². The van der Waals surface area contributed by atoms with Crippen LogP contribution in [0.1, 0.15) is 71.6 Å². The highest BCUT2D eigenvalue weighted by Gasteiger charge is 2.31. The molecule has 1 unspecified atom stereocenters. The molecule has 15 heavy (non-hydrogen) atoms. The summed E-state index contributed by atoms with van der Waals surface area (Å²) in [6.07, 6.45) is 11.2. The predicted octanol–water partition coefficient (Wildman–Crippen LogP) is 4.68. The van der Waals surface area contributed by atoms with Gasteiger partial charge in [0.1, 0.15) is 0 Å². The molecule has 0 amide bonds. The Morgan fingerprint density at radius 1 is 1.13 bits per heavy atom. The average molecular weight is 207 g/mol. The van der Waals surface area contributed by atoms with Crippen LogP contribution in [0.15, 0.2) is 0 Å². The van der Waals surface area contributed by atoms with E-state index in [0.29, 0.717) is 5.92 Å². The molecule has 0 aliphatic heterocycles. The zero-order chi connectivity index (χ0) is 11.1. The summed E-state index contributed by atoms with van der Waals surface area (Å²) in [5, 5.41) is 9.45. The van der Waals surface area contributed by atoms with Crippen LogP contribution in [-0.4, -0.2) is 0 Å². The molecule has 1 nitrogen and oxygen atoms in total. The minimum absolute atomic E-state index is 0.0237. The summed E-state index contributed by atoms with van der Waals surface area (Å²) in [5.74, 6) is 0.712. The largest absolute Gasteiger partial charge is 0.198 e. The summed E-state index contributed by atoms with van der Waals surface area (Å²) in [6, 6.07) is 2.65. The molecule has 0 spiro atoms. The third-order valence-electron chi connectivity index (χ3n) is 3.98. The van der Waals surface area contributed by atoms with E-state index in [2.05, 4.69) is 19.9 Å². The van der Waals surface area contributed by atoms with Gasteiger partial charge in [-0.3, -0.25) is 0 Å². The Bertz CT molecular complexity index is 206. The van der Waals surface area contributed by atoms with E-state index >= 15 is 0 Å². The number of hydrogen-bond donors (Lipinski definition) is 0. The predicted molar refractivity (Wildman–Crippen MR) is 64.4 cm³/mol. The van der Waals surface area contributed by atoms with Crippen molar-refractivity contribution in [2.45, 2.75) is 71.6 Å². The Labute approximate surface area is 94.9 Å². The molecule has 0 N–H and O–H groups in total. The lowest BCUT2D eigenvalue weighted by Gasteiger charge is -2.30. The summed E-state index contributed by atoms with van der Waals surface area (Å²) >= 11 is 0. The first-order chi connectivity index (χ1) is 7.22. The van der Waals surface area contributed by atoms with Crippen LogP contribution in [0.3, 0.4) is 0 Å². The zero-order valence-electron chi connectivity index (χ0n) is 10.4. The van der Waals surface area contributed by atoms with Crippen molar-refractivity contribution in [2.24, 2.45) is 11.3 Å². The average Bonchev–Trinajstić information content (AvgIpc) is 2.22. The van der Waals surface area contributed by atoms with Gasteiger partial charge in [0.2, 0.25) is 0 Å². The Morgan fingerprint density at radius 2 is 1.67 bits per heavy atom. The molecule has 0 bridgehead atoms. The molecular weight excluding hydrogens is 182 g/mol. The van der Waals surface area contributed by atoms with Gasteiger partial charge in [0, 0.05) is 0 Å². The van der Waals surface area contributed by atoms with Gasteiger partial charge in [0.25, 0.3) is 0 Å². The van der Waals surface area contributed by atoms with Crippen molar-refractivity contribution < 1.29 is 0 Å². The molecule has 1 fully saturated rings.